The van der Waals surface area contributed by atoms with Crippen LogP contribution in [0.1, 0.15) is 12.5 Å². The van der Waals surface area contributed by atoms with Crippen molar-refractivity contribution in [1.82, 2.24) is 10.2 Å². The van der Waals surface area contributed by atoms with E-state index >= 15 is 0 Å². The Bertz CT molecular complexity index is 632. The number of nitrogens with zero attached hydrogens (tertiary/aromatic N) is 1. The molecule has 0 radical (unpaired) electrons. The van der Waals surface area contributed by atoms with Gasteiger partial charge in [-0.1, -0.05) is 36.4 Å². The largest absolute Gasteiger partial charge is 0.497 e. The Kier molecular flexibility index (Phi) is 6.95. The molecular formula is C19H24N2O3. The summed E-state index contributed by atoms with van der Waals surface area (Å²) in [5.41, 5.74) is 1.11. The molecule has 0 saturated carbocycles. The van der Waals surface area contributed by atoms with Crippen molar-refractivity contribution in [2.24, 2.45) is 0 Å². The lowest BCUT2D eigenvalue weighted by Gasteiger charge is -2.21. The van der Waals surface area contributed by atoms with Crippen LogP contribution in [0.5, 0.6) is 11.5 Å². The Morgan fingerprint density at radius 1 is 1.08 bits per heavy atom. The average molecular weight is 328 g/mol. The van der Waals surface area contributed by atoms with Crippen molar-refractivity contribution in [1.29, 1.82) is 0 Å². The Morgan fingerprint density at radius 2 is 1.83 bits per heavy atom. The lowest BCUT2D eigenvalue weighted by Crippen LogP contribution is -2.41. The SMILES string of the molecule is CCN(Cc1ccccc1)C(=O)NCCOc1cccc(OC)c1. The maximum atomic E-state index is 12.2. The molecule has 0 fully saturated rings. The lowest BCUT2D eigenvalue weighted by molar-refractivity contribution is 0.195. The highest BCUT2D eigenvalue weighted by Gasteiger charge is 2.11. The molecule has 2 rings (SSSR count). The summed E-state index contributed by atoms with van der Waals surface area (Å²) in [6.45, 7) is 4.07. The van der Waals surface area contributed by atoms with Gasteiger partial charge in [-0.05, 0) is 24.6 Å². The van der Waals surface area contributed by atoms with E-state index in [4.69, 9.17) is 9.47 Å². The minimum absolute atomic E-state index is 0.0874. The Morgan fingerprint density at radius 3 is 2.54 bits per heavy atom. The van der Waals surface area contributed by atoms with Crippen molar-refractivity contribution >= 4 is 6.03 Å². The van der Waals surface area contributed by atoms with Crippen LogP contribution < -0.4 is 14.8 Å². The standard InChI is InChI=1S/C19H24N2O3/c1-3-21(15-16-8-5-4-6-9-16)19(22)20-12-13-24-18-11-7-10-17(14-18)23-2/h4-11,14H,3,12-13,15H2,1-2H3,(H,20,22). The van der Waals surface area contributed by atoms with Gasteiger partial charge in [-0.2, -0.15) is 0 Å². The molecule has 0 heterocycles. The van der Waals surface area contributed by atoms with Gasteiger partial charge in [-0.25, -0.2) is 4.79 Å². The second-order valence-electron chi connectivity index (χ2n) is 5.26. The number of rotatable bonds is 8. The summed E-state index contributed by atoms with van der Waals surface area (Å²) in [6, 6.07) is 17.3. The minimum atomic E-state index is -0.0874. The molecule has 5 heteroatoms. The van der Waals surface area contributed by atoms with E-state index in [0.717, 1.165) is 17.1 Å². The predicted molar refractivity (Wildman–Crippen MR) is 94.4 cm³/mol. The summed E-state index contributed by atoms with van der Waals surface area (Å²) >= 11 is 0. The molecule has 0 atom stereocenters. The van der Waals surface area contributed by atoms with Gasteiger partial charge < -0.3 is 19.7 Å². The summed E-state index contributed by atoms with van der Waals surface area (Å²) in [7, 11) is 1.62. The summed E-state index contributed by atoms with van der Waals surface area (Å²) in [6.07, 6.45) is 0. The highest BCUT2D eigenvalue weighted by Crippen LogP contribution is 2.18. The van der Waals surface area contributed by atoms with E-state index in [2.05, 4.69) is 5.32 Å². The molecular weight excluding hydrogens is 304 g/mol. The van der Waals surface area contributed by atoms with Crippen molar-refractivity contribution in [2.45, 2.75) is 13.5 Å². The lowest BCUT2D eigenvalue weighted by atomic mass is 10.2. The fraction of sp³-hybridized carbons (Fsp3) is 0.316. The number of methoxy groups -OCH3 is 1. The number of carbonyl (C=O) groups excluding carboxylic acids is 1. The van der Waals surface area contributed by atoms with Gasteiger partial charge in [0.2, 0.25) is 0 Å². The van der Waals surface area contributed by atoms with E-state index in [1.807, 2.05) is 61.5 Å². The van der Waals surface area contributed by atoms with Crippen molar-refractivity contribution in [3.63, 3.8) is 0 Å². The molecule has 24 heavy (non-hydrogen) atoms. The molecule has 0 aliphatic heterocycles. The first-order chi connectivity index (χ1) is 11.7. The molecule has 5 nitrogen and oxygen atoms in total. The molecule has 0 saturated heterocycles. The first-order valence-electron chi connectivity index (χ1n) is 8.06. The van der Waals surface area contributed by atoms with Gasteiger partial charge in [0.1, 0.15) is 18.1 Å². The van der Waals surface area contributed by atoms with Gasteiger partial charge in [0, 0.05) is 19.2 Å². The van der Waals surface area contributed by atoms with Gasteiger partial charge in [0.25, 0.3) is 0 Å². The molecule has 0 bridgehead atoms. The second kappa shape index (κ2) is 9.45. The van der Waals surface area contributed by atoms with Crippen LogP contribution in [0.25, 0.3) is 0 Å². The third-order valence-electron chi connectivity index (χ3n) is 3.57. The predicted octanol–water partition coefficient (Wildman–Crippen LogP) is 3.31. The molecule has 2 amide bonds. The van der Waals surface area contributed by atoms with Crippen LogP contribution in [0.2, 0.25) is 0 Å². The number of ether oxygens (including phenoxy) is 2. The first kappa shape index (κ1) is 17.7. The van der Waals surface area contributed by atoms with Crippen molar-refractivity contribution in [3.8, 4) is 11.5 Å². The smallest absolute Gasteiger partial charge is 0.317 e. The Balaban J connectivity index is 1.75. The number of nitrogens with one attached hydrogen (secondary N) is 1. The van der Waals surface area contributed by atoms with Crippen LogP contribution in [-0.2, 0) is 6.54 Å². The zero-order valence-electron chi connectivity index (χ0n) is 14.2. The van der Waals surface area contributed by atoms with E-state index < -0.39 is 0 Å². The van der Waals surface area contributed by atoms with Gasteiger partial charge in [0.15, 0.2) is 0 Å². The molecule has 1 N–H and O–H groups in total. The highest BCUT2D eigenvalue weighted by atomic mass is 16.5. The summed E-state index contributed by atoms with van der Waals surface area (Å²) in [5.74, 6) is 1.47. The zero-order chi connectivity index (χ0) is 17.2. The van der Waals surface area contributed by atoms with Crippen LogP contribution >= 0.6 is 0 Å². The first-order valence-corrected chi connectivity index (χ1v) is 8.06. The van der Waals surface area contributed by atoms with Crippen LogP contribution in [0.15, 0.2) is 54.6 Å². The van der Waals surface area contributed by atoms with Crippen molar-refractivity contribution in [3.05, 3.63) is 60.2 Å². The average Bonchev–Trinajstić information content (AvgIpc) is 2.64. The normalized spacial score (nSPS) is 10.1. The fourth-order valence-electron chi connectivity index (χ4n) is 2.26. The van der Waals surface area contributed by atoms with Crippen molar-refractivity contribution in [2.75, 3.05) is 26.8 Å². The number of benzene rings is 2. The number of carbonyl (C=O) groups is 1. The van der Waals surface area contributed by atoms with Gasteiger partial charge >= 0.3 is 6.03 Å². The Hall–Kier alpha value is -2.69. The van der Waals surface area contributed by atoms with Gasteiger partial charge in [0.05, 0.1) is 13.7 Å². The minimum Gasteiger partial charge on any atom is -0.497 e. The monoisotopic (exact) mass is 328 g/mol. The van der Waals surface area contributed by atoms with Gasteiger partial charge in [-0.3, -0.25) is 0 Å². The maximum Gasteiger partial charge on any atom is 0.317 e. The van der Waals surface area contributed by atoms with Crippen molar-refractivity contribution < 1.29 is 14.3 Å². The fourth-order valence-corrected chi connectivity index (χ4v) is 2.26. The van der Waals surface area contributed by atoms with E-state index in [-0.39, 0.29) is 6.03 Å². The van der Waals surface area contributed by atoms with Gasteiger partial charge in [-0.15, -0.1) is 0 Å². The number of hydrogen-bond acceptors (Lipinski definition) is 3. The topological polar surface area (TPSA) is 50.8 Å². The van der Waals surface area contributed by atoms with Crippen LogP contribution in [0.3, 0.4) is 0 Å². The highest BCUT2D eigenvalue weighted by molar-refractivity contribution is 5.74. The van der Waals surface area contributed by atoms with E-state index in [1.54, 1.807) is 12.0 Å². The molecule has 128 valence electrons. The summed E-state index contributed by atoms with van der Waals surface area (Å²) < 4.78 is 10.8. The van der Waals surface area contributed by atoms with Crippen LogP contribution in [-0.4, -0.2) is 37.7 Å². The molecule has 0 aliphatic rings. The summed E-state index contributed by atoms with van der Waals surface area (Å²) in [4.78, 5) is 14.0. The number of hydrogen-bond donors (Lipinski definition) is 1. The quantitative estimate of drug-likeness (QED) is 0.757. The van der Waals surface area contributed by atoms with Crippen LogP contribution in [0, 0.1) is 0 Å². The molecule has 2 aromatic rings. The van der Waals surface area contributed by atoms with E-state index in [1.165, 1.54) is 0 Å². The molecule has 0 aromatic heterocycles. The van der Waals surface area contributed by atoms with E-state index in [9.17, 15) is 4.79 Å². The molecule has 0 aliphatic carbocycles. The third-order valence-corrected chi connectivity index (χ3v) is 3.57. The molecule has 2 aromatic carbocycles. The molecule has 0 unspecified atom stereocenters. The number of amides is 2. The number of urea groups is 1. The van der Waals surface area contributed by atoms with Crippen LogP contribution in [0.4, 0.5) is 4.79 Å². The maximum absolute atomic E-state index is 12.2. The second-order valence-corrected chi connectivity index (χ2v) is 5.26. The Labute approximate surface area is 143 Å². The third kappa shape index (κ3) is 5.50. The zero-order valence-corrected chi connectivity index (χ0v) is 14.2. The van der Waals surface area contributed by atoms with E-state index in [0.29, 0.717) is 26.2 Å². The molecule has 0 spiro atoms. The summed E-state index contributed by atoms with van der Waals surface area (Å²) in [5, 5.41) is 2.88.